The SMILES string of the molecule is O=C(NNC(=O)c1c(Cl)cc(Cl)cc1Cl)C1=C(C(F)(F)F)N(Cl)CS1. The van der Waals surface area contributed by atoms with Gasteiger partial charge in [-0.05, 0) is 12.1 Å². The van der Waals surface area contributed by atoms with Crippen molar-refractivity contribution >= 4 is 70.2 Å². The highest BCUT2D eigenvalue weighted by Gasteiger charge is 2.45. The van der Waals surface area contributed by atoms with Crippen LogP contribution in [0.2, 0.25) is 15.1 Å². The Morgan fingerprint density at radius 2 is 1.60 bits per heavy atom. The summed E-state index contributed by atoms with van der Waals surface area (Å²) in [5.41, 5.74) is 2.29. The molecular weight excluding hydrogens is 449 g/mol. The third-order valence-electron chi connectivity index (χ3n) is 2.78. The van der Waals surface area contributed by atoms with Crippen LogP contribution in [0.3, 0.4) is 0 Å². The summed E-state index contributed by atoms with van der Waals surface area (Å²) in [5, 5.41) is -0.0108. The fourth-order valence-electron chi connectivity index (χ4n) is 1.80. The molecule has 136 valence electrons. The molecule has 1 aromatic rings. The van der Waals surface area contributed by atoms with Crippen molar-refractivity contribution in [2.75, 3.05) is 5.88 Å². The third kappa shape index (κ3) is 4.59. The summed E-state index contributed by atoms with van der Waals surface area (Å²) in [6, 6.07) is 2.49. The summed E-state index contributed by atoms with van der Waals surface area (Å²) in [7, 11) is 0. The van der Waals surface area contributed by atoms with Gasteiger partial charge in [-0.1, -0.05) is 46.6 Å². The molecule has 0 bridgehead atoms. The number of hydrazine groups is 1. The average molecular weight is 455 g/mol. The van der Waals surface area contributed by atoms with Crippen molar-refractivity contribution in [1.82, 2.24) is 15.3 Å². The number of rotatable bonds is 2. The van der Waals surface area contributed by atoms with Gasteiger partial charge in [0.25, 0.3) is 11.8 Å². The lowest BCUT2D eigenvalue weighted by Gasteiger charge is -2.15. The van der Waals surface area contributed by atoms with Gasteiger partial charge in [-0.2, -0.15) is 13.2 Å². The minimum absolute atomic E-state index is 0.0957. The van der Waals surface area contributed by atoms with E-state index in [0.29, 0.717) is 16.2 Å². The van der Waals surface area contributed by atoms with E-state index in [2.05, 4.69) is 0 Å². The maximum absolute atomic E-state index is 12.9. The van der Waals surface area contributed by atoms with Gasteiger partial charge in [-0.3, -0.25) is 24.9 Å². The van der Waals surface area contributed by atoms with Crippen LogP contribution >= 0.6 is 58.3 Å². The lowest BCUT2D eigenvalue weighted by atomic mass is 10.2. The van der Waals surface area contributed by atoms with Crippen molar-refractivity contribution in [2.24, 2.45) is 0 Å². The molecule has 1 aromatic carbocycles. The molecule has 2 rings (SSSR count). The standard InChI is InChI=1S/C12H6Cl4F3N3O2S/c13-4-1-5(14)7(6(15)2-4)10(23)20-21-11(24)8-9(12(17,18)19)22(16)3-25-8/h1-2H,3H2,(H,20,23)(H,21,24). The second kappa shape index (κ2) is 7.71. The van der Waals surface area contributed by atoms with E-state index in [4.69, 9.17) is 46.6 Å². The van der Waals surface area contributed by atoms with Crippen LogP contribution in [0.5, 0.6) is 0 Å². The molecule has 1 aliphatic rings. The Balaban J connectivity index is 2.15. The van der Waals surface area contributed by atoms with Crippen molar-refractivity contribution in [3.8, 4) is 0 Å². The molecule has 0 spiro atoms. The number of amides is 2. The highest BCUT2D eigenvalue weighted by molar-refractivity contribution is 8.04. The molecule has 0 fully saturated rings. The highest BCUT2D eigenvalue weighted by Crippen LogP contribution is 2.42. The molecule has 0 atom stereocenters. The van der Waals surface area contributed by atoms with E-state index < -0.39 is 28.6 Å². The predicted molar refractivity (Wildman–Crippen MR) is 90.3 cm³/mol. The highest BCUT2D eigenvalue weighted by atomic mass is 35.5. The van der Waals surface area contributed by atoms with Crippen LogP contribution in [-0.2, 0) is 4.79 Å². The van der Waals surface area contributed by atoms with E-state index >= 15 is 0 Å². The molecule has 0 saturated heterocycles. The number of allylic oxidation sites excluding steroid dienone is 1. The van der Waals surface area contributed by atoms with Crippen molar-refractivity contribution in [2.45, 2.75) is 6.18 Å². The predicted octanol–water partition coefficient (Wildman–Crippen LogP) is 4.34. The van der Waals surface area contributed by atoms with Gasteiger partial charge in [0.15, 0.2) is 5.70 Å². The van der Waals surface area contributed by atoms with Crippen LogP contribution in [0.15, 0.2) is 22.7 Å². The number of carbonyl (C=O) groups excluding carboxylic acids is 2. The molecule has 2 N–H and O–H groups in total. The molecule has 0 radical (unpaired) electrons. The Bertz CT molecular complexity index is 749. The quantitative estimate of drug-likeness (QED) is 0.515. The Labute approximate surface area is 163 Å². The number of thioether (sulfide) groups is 1. The van der Waals surface area contributed by atoms with Crippen LogP contribution in [0.25, 0.3) is 0 Å². The molecule has 13 heteroatoms. The van der Waals surface area contributed by atoms with Gasteiger partial charge in [-0.25, -0.2) is 0 Å². The molecule has 0 saturated carbocycles. The Morgan fingerprint density at radius 1 is 1.08 bits per heavy atom. The summed E-state index contributed by atoms with van der Waals surface area (Å²) >= 11 is 23.4. The largest absolute Gasteiger partial charge is 0.433 e. The average Bonchev–Trinajstić information content (AvgIpc) is 2.85. The van der Waals surface area contributed by atoms with Gasteiger partial charge in [0.1, 0.15) is 4.91 Å². The zero-order valence-corrected chi connectivity index (χ0v) is 15.5. The molecule has 0 aromatic heterocycles. The number of alkyl halides is 3. The molecule has 0 aliphatic carbocycles. The minimum atomic E-state index is -4.83. The van der Waals surface area contributed by atoms with Crippen LogP contribution < -0.4 is 10.9 Å². The number of halogens is 7. The normalized spacial score (nSPS) is 14.8. The molecular formula is C12H6Cl4F3N3O2S. The maximum Gasteiger partial charge on any atom is 0.433 e. The molecule has 5 nitrogen and oxygen atoms in total. The van der Waals surface area contributed by atoms with Gasteiger partial charge >= 0.3 is 6.18 Å². The number of hydrogen-bond donors (Lipinski definition) is 2. The number of nitrogens with zero attached hydrogens (tertiary/aromatic N) is 1. The second-order valence-corrected chi connectivity index (χ2v) is 7.08. The van der Waals surface area contributed by atoms with Gasteiger partial charge in [-0.15, -0.1) is 0 Å². The van der Waals surface area contributed by atoms with E-state index in [0.717, 1.165) is 0 Å². The molecule has 2 amide bonds. The zero-order valence-electron chi connectivity index (χ0n) is 11.7. The van der Waals surface area contributed by atoms with Gasteiger partial charge in [0.2, 0.25) is 0 Å². The number of carbonyl (C=O) groups is 2. The Hall–Kier alpha value is -1.000. The topological polar surface area (TPSA) is 61.4 Å². The summed E-state index contributed by atoms with van der Waals surface area (Å²) in [5.74, 6) is -2.39. The van der Waals surface area contributed by atoms with Crippen LogP contribution in [0.4, 0.5) is 13.2 Å². The first-order valence-corrected chi connectivity index (χ1v) is 8.61. The van der Waals surface area contributed by atoms with Gasteiger partial charge < -0.3 is 0 Å². The van der Waals surface area contributed by atoms with Crippen molar-refractivity contribution < 1.29 is 22.8 Å². The fraction of sp³-hybridized carbons (Fsp3) is 0.167. The van der Waals surface area contributed by atoms with Gasteiger partial charge in [0.05, 0.1) is 21.5 Å². The lowest BCUT2D eigenvalue weighted by Crippen LogP contribution is -2.42. The molecule has 25 heavy (non-hydrogen) atoms. The second-order valence-electron chi connectivity index (χ2n) is 4.46. The van der Waals surface area contributed by atoms with Crippen molar-refractivity contribution in [3.63, 3.8) is 0 Å². The number of benzene rings is 1. The van der Waals surface area contributed by atoms with Crippen LogP contribution in [-0.4, -0.2) is 28.3 Å². The first kappa shape index (κ1) is 20.3. The number of hydrogen-bond acceptors (Lipinski definition) is 4. The van der Waals surface area contributed by atoms with Gasteiger partial charge in [0, 0.05) is 16.8 Å². The molecule has 1 heterocycles. The van der Waals surface area contributed by atoms with Crippen molar-refractivity contribution in [3.05, 3.63) is 43.4 Å². The smallest absolute Gasteiger partial charge is 0.269 e. The summed E-state index contributed by atoms with van der Waals surface area (Å²) < 4.78 is 39.1. The molecule has 1 aliphatic heterocycles. The first-order valence-electron chi connectivity index (χ1n) is 6.15. The Kier molecular flexibility index (Phi) is 6.26. The van der Waals surface area contributed by atoms with Crippen LogP contribution in [0.1, 0.15) is 10.4 Å². The maximum atomic E-state index is 12.9. The van der Waals surface area contributed by atoms with E-state index in [1.165, 1.54) is 12.1 Å². The van der Waals surface area contributed by atoms with E-state index in [9.17, 15) is 22.8 Å². The van der Waals surface area contributed by atoms with E-state index in [-0.39, 0.29) is 26.5 Å². The number of nitrogens with one attached hydrogen (secondary N) is 2. The third-order valence-corrected chi connectivity index (χ3v) is 5.08. The fourth-order valence-corrected chi connectivity index (χ4v) is 4.08. The zero-order chi connectivity index (χ0) is 18.9. The summed E-state index contributed by atoms with van der Waals surface area (Å²) in [6.45, 7) is 0. The van der Waals surface area contributed by atoms with Crippen molar-refractivity contribution in [1.29, 1.82) is 0 Å². The minimum Gasteiger partial charge on any atom is -0.269 e. The van der Waals surface area contributed by atoms with E-state index in [1.54, 1.807) is 0 Å². The summed E-state index contributed by atoms with van der Waals surface area (Å²) in [6.07, 6.45) is -4.83. The van der Waals surface area contributed by atoms with E-state index in [1.807, 2.05) is 10.9 Å². The lowest BCUT2D eigenvalue weighted by molar-refractivity contribution is -0.120. The summed E-state index contributed by atoms with van der Waals surface area (Å²) in [4.78, 5) is 23.3. The molecule has 0 unspecified atom stereocenters. The Morgan fingerprint density at radius 3 is 2.12 bits per heavy atom. The monoisotopic (exact) mass is 453 g/mol. The first-order chi connectivity index (χ1) is 11.5. The van der Waals surface area contributed by atoms with Crippen LogP contribution in [0, 0.1) is 0 Å².